The lowest BCUT2D eigenvalue weighted by Gasteiger charge is -2.16. The van der Waals surface area contributed by atoms with Crippen molar-refractivity contribution in [1.29, 1.82) is 0 Å². The van der Waals surface area contributed by atoms with E-state index in [2.05, 4.69) is 15.9 Å². The number of aryl methyl sites for hydroxylation is 1. The quantitative estimate of drug-likeness (QED) is 0.547. The van der Waals surface area contributed by atoms with Gasteiger partial charge in [-0.1, -0.05) is 39.1 Å². The van der Waals surface area contributed by atoms with Crippen molar-refractivity contribution in [1.82, 2.24) is 0 Å². The minimum absolute atomic E-state index is 0.391. The van der Waals surface area contributed by atoms with E-state index < -0.39 is 5.38 Å². The van der Waals surface area contributed by atoms with Crippen LogP contribution in [0.2, 0.25) is 10.0 Å². The van der Waals surface area contributed by atoms with Gasteiger partial charge in [-0.15, -0.1) is 11.6 Å². The molecule has 0 aromatic heterocycles. The lowest BCUT2D eigenvalue weighted by molar-refractivity contribution is 0.409. The minimum atomic E-state index is -0.391. The first-order valence-electron chi connectivity index (χ1n) is 5.86. The molecule has 2 aromatic carbocycles. The predicted octanol–water partition coefficient (Wildman–Crippen LogP) is 6.40. The molecule has 0 N–H and O–H groups in total. The van der Waals surface area contributed by atoms with Crippen molar-refractivity contribution in [3.05, 3.63) is 61.5 Å². The van der Waals surface area contributed by atoms with Crippen LogP contribution in [0.1, 0.15) is 22.1 Å². The summed E-state index contributed by atoms with van der Waals surface area (Å²) in [6, 6.07) is 9.19. The second kappa shape index (κ2) is 6.57. The summed E-state index contributed by atoms with van der Waals surface area (Å²) in [6.45, 7) is 2.00. The highest BCUT2D eigenvalue weighted by Gasteiger charge is 2.18. The Bertz CT molecular complexity index is 623. The summed E-state index contributed by atoms with van der Waals surface area (Å²) in [5.74, 6) is 0.738. The SMILES string of the molecule is COc1cc(C)c(Br)cc1C(Cl)c1cc(Cl)cc(Cl)c1. The molecular formula is C15H12BrCl3O. The van der Waals surface area contributed by atoms with Gasteiger partial charge in [-0.2, -0.15) is 0 Å². The first-order chi connectivity index (χ1) is 9.42. The zero-order valence-corrected chi connectivity index (χ0v) is 14.7. The van der Waals surface area contributed by atoms with Crippen LogP contribution in [-0.4, -0.2) is 7.11 Å². The van der Waals surface area contributed by atoms with Gasteiger partial charge in [0.15, 0.2) is 0 Å². The molecule has 0 radical (unpaired) electrons. The summed E-state index contributed by atoms with van der Waals surface area (Å²) in [7, 11) is 1.63. The summed E-state index contributed by atoms with van der Waals surface area (Å²) in [5.41, 5.74) is 2.78. The number of halogens is 4. The molecule has 20 heavy (non-hydrogen) atoms. The largest absolute Gasteiger partial charge is 0.496 e. The molecule has 0 heterocycles. The molecular weight excluding hydrogens is 382 g/mol. The number of benzene rings is 2. The van der Waals surface area contributed by atoms with E-state index in [1.807, 2.05) is 19.1 Å². The normalized spacial score (nSPS) is 12.3. The van der Waals surface area contributed by atoms with Crippen LogP contribution in [0.3, 0.4) is 0 Å². The molecule has 0 aliphatic rings. The number of methoxy groups -OCH3 is 1. The number of alkyl halides is 1. The minimum Gasteiger partial charge on any atom is -0.496 e. The van der Waals surface area contributed by atoms with E-state index in [0.717, 1.165) is 26.9 Å². The summed E-state index contributed by atoms with van der Waals surface area (Å²) >= 11 is 22.1. The van der Waals surface area contributed by atoms with E-state index in [9.17, 15) is 0 Å². The Morgan fingerprint density at radius 1 is 1.05 bits per heavy atom. The standard InChI is InChI=1S/C15H12BrCl3O/c1-8-3-14(20-2)12(7-13(8)16)15(19)9-4-10(17)6-11(18)5-9/h3-7,15H,1-2H3. The maximum Gasteiger partial charge on any atom is 0.124 e. The lowest BCUT2D eigenvalue weighted by atomic mass is 10.0. The number of hydrogen-bond acceptors (Lipinski definition) is 1. The van der Waals surface area contributed by atoms with Crippen LogP contribution < -0.4 is 4.74 Å². The first-order valence-corrected chi connectivity index (χ1v) is 7.85. The third kappa shape index (κ3) is 3.43. The van der Waals surface area contributed by atoms with Crippen LogP contribution in [0, 0.1) is 6.92 Å². The molecule has 2 aromatic rings. The van der Waals surface area contributed by atoms with E-state index in [-0.39, 0.29) is 0 Å². The molecule has 0 aliphatic heterocycles. The van der Waals surface area contributed by atoms with Crippen molar-refractivity contribution in [2.75, 3.05) is 7.11 Å². The maximum atomic E-state index is 6.57. The first kappa shape index (κ1) is 16.0. The Kier molecular flexibility index (Phi) is 5.25. The molecule has 0 spiro atoms. The highest BCUT2D eigenvalue weighted by atomic mass is 79.9. The molecule has 0 aliphatic carbocycles. The molecule has 5 heteroatoms. The van der Waals surface area contributed by atoms with E-state index in [1.54, 1.807) is 25.3 Å². The fourth-order valence-electron chi connectivity index (χ4n) is 1.95. The molecule has 2 rings (SSSR count). The smallest absolute Gasteiger partial charge is 0.124 e. The van der Waals surface area contributed by atoms with Crippen molar-refractivity contribution in [2.24, 2.45) is 0 Å². The van der Waals surface area contributed by atoms with Gasteiger partial charge in [0.1, 0.15) is 5.75 Å². The van der Waals surface area contributed by atoms with Crippen LogP contribution >= 0.6 is 50.7 Å². The van der Waals surface area contributed by atoms with Crippen LogP contribution in [0.5, 0.6) is 5.75 Å². The summed E-state index contributed by atoms with van der Waals surface area (Å²) in [5, 5.41) is 0.727. The highest BCUT2D eigenvalue weighted by Crippen LogP contribution is 2.39. The molecule has 0 saturated heterocycles. The van der Waals surface area contributed by atoms with Gasteiger partial charge in [-0.25, -0.2) is 0 Å². The maximum absolute atomic E-state index is 6.57. The van der Waals surface area contributed by atoms with Crippen LogP contribution in [0.4, 0.5) is 0 Å². The van der Waals surface area contributed by atoms with Gasteiger partial charge in [0.2, 0.25) is 0 Å². The second-order valence-electron chi connectivity index (χ2n) is 4.41. The van der Waals surface area contributed by atoms with E-state index in [0.29, 0.717) is 10.0 Å². The third-order valence-corrected chi connectivity index (χ3v) is 4.74. The molecule has 1 nitrogen and oxygen atoms in total. The van der Waals surface area contributed by atoms with Gasteiger partial charge in [0.05, 0.1) is 12.5 Å². The second-order valence-corrected chi connectivity index (χ2v) is 6.57. The van der Waals surface area contributed by atoms with Crippen LogP contribution in [-0.2, 0) is 0 Å². The van der Waals surface area contributed by atoms with Gasteiger partial charge in [-0.05, 0) is 48.4 Å². The van der Waals surface area contributed by atoms with Gasteiger partial charge < -0.3 is 4.74 Å². The fraction of sp³-hybridized carbons (Fsp3) is 0.200. The summed E-state index contributed by atoms with van der Waals surface area (Å²) < 4.78 is 6.39. The highest BCUT2D eigenvalue weighted by molar-refractivity contribution is 9.10. The van der Waals surface area contributed by atoms with Crippen molar-refractivity contribution in [3.63, 3.8) is 0 Å². The molecule has 0 fully saturated rings. The van der Waals surface area contributed by atoms with Crippen molar-refractivity contribution in [3.8, 4) is 5.75 Å². The Hall–Kier alpha value is -0.410. The van der Waals surface area contributed by atoms with Crippen LogP contribution in [0.25, 0.3) is 0 Å². The monoisotopic (exact) mass is 392 g/mol. The van der Waals surface area contributed by atoms with Gasteiger partial charge in [0, 0.05) is 20.1 Å². The number of ether oxygens (including phenoxy) is 1. The Morgan fingerprint density at radius 3 is 2.20 bits per heavy atom. The third-order valence-electron chi connectivity index (χ3n) is 2.96. The Labute approximate surface area is 141 Å². The van der Waals surface area contributed by atoms with Gasteiger partial charge in [0.25, 0.3) is 0 Å². The molecule has 0 saturated carbocycles. The number of rotatable bonds is 3. The zero-order chi connectivity index (χ0) is 14.9. The number of hydrogen-bond donors (Lipinski definition) is 0. The van der Waals surface area contributed by atoms with Crippen molar-refractivity contribution in [2.45, 2.75) is 12.3 Å². The molecule has 0 amide bonds. The molecule has 106 valence electrons. The fourth-order valence-corrected chi connectivity index (χ4v) is 3.15. The van der Waals surface area contributed by atoms with Gasteiger partial charge in [-0.3, -0.25) is 0 Å². The topological polar surface area (TPSA) is 9.23 Å². The van der Waals surface area contributed by atoms with Gasteiger partial charge >= 0.3 is 0 Å². The Balaban J connectivity index is 2.52. The molecule has 0 bridgehead atoms. The summed E-state index contributed by atoms with van der Waals surface area (Å²) in [4.78, 5) is 0. The van der Waals surface area contributed by atoms with E-state index >= 15 is 0 Å². The molecule has 1 atom stereocenters. The zero-order valence-electron chi connectivity index (χ0n) is 10.9. The van der Waals surface area contributed by atoms with Crippen molar-refractivity contribution >= 4 is 50.7 Å². The average Bonchev–Trinajstić information content (AvgIpc) is 2.39. The predicted molar refractivity (Wildman–Crippen MR) is 89.6 cm³/mol. The Morgan fingerprint density at radius 2 is 1.65 bits per heavy atom. The van der Waals surface area contributed by atoms with E-state index in [1.165, 1.54) is 0 Å². The van der Waals surface area contributed by atoms with E-state index in [4.69, 9.17) is 39.5 Å². The molecule has 1 unspecified atom stereocenters. The lowest BCUT2D eigenvalue weighted by Crippen LogP contribution is -1.99. The van der Waals surface area contributed by atoms with Crippen molar-refractivity contribution < 1.29 is 4.74 Å². The average molecular weight is 395 g/mol. The van der Waals surface area contributed by atoms with Crippen LogP contribution in [0.15, 0.2) is 34.8 Å². The summed E-state index contributed by atoms with van der Waals surface area (Å²) in [6.07, 6.45) is 0.